The van der Waals surface area contributed by atoms with Crippen molar-refractivity contribution in [3.8, 4) is 0 Å². The molecule has 114 valence electrons. The largest absolute Gasteiger partial charge is 0.335 e. The lowest BCUT2D eigenvalue weighted by atomic mass is 9.94. The van der Waals surface area contributed by atoms with Crippen molar-refractivity contribution in [2.75, 3.05) is 6.54 Å². The number of rotatable bonds is 6. The van der Waals surface area contributed by atoms with Crippen molar-refractivity contribution < 1.29 is 9.59 Å². The third-order valence-electron chi connectivity index (χ3n) is 3.83. The molecule has 1 fully saturated rings. The van der Waals surface area contributed by atoms with Crippen LogP contribution in [0.5, 0.6) is 0 Å². The molecule has 0 radical (unpaired) electrons. The van der Waals surface area contributed by atoms with E-state index in [0.717, 1.165) is 12.8 Å². The van der Waals surface area contributed by atoms with Gasteiger partial charge < -0.3 is 10.6 Å². The molecule has 21 heavy (non-hydrogen) atoms. The SMILES string of the molecule is C[C@H](NCC(=O)NC(=O)NC1CC1)[C@@H](C)c1ccccc1. The van der Waals surface area contributed by atoms with Crippen molar-refractivity contribution in [3.63, 3.8) is 0 Å². The van der Waals surface area contributed by atoms with E-state index in [4.69, 9.17) is 0 Å². The van der Waals surface area contributed by atoms with E-state index in [-0.39, 0.29) is 24.5 Å². The van der Waals surface area contributed by atoms with E-state index >= 15 is 0 Å². The maximum absolute atomic E-state index is 11.7. The van der Waals surface area contributed by atoms with Crippen molar-refractivity contribution in [1.29, 1.82) is 0 Å². The maximum Gasteiger partial charge on any atom is 0.321 e. The highest BCUT2D eigenvalue weighted by molar-refractivity contribution is 5.95. The summed E-state index contributed by atoms with van der Waals surface area (Å²) in [7, 11) is 0. The molecule has 0 aliphatic heterocycles. The molecule has 0 unspecified atom stereocenters. The first-order chi connectivity index (χ1) is 10.1. The number of hydrogen-bond acceptors (Lipinski definition) is 3. The van der Waals surface area contributed by atoms with E-state index in [1.165, 1.54) is 5.56 Å². The highest BCUT2D eigenvalue weighted by atomic mass is 16.2. The lowest BCUT2D eigenvalue weighted by molar-refractivity contribution is -0.119. The van der Waals surface area contributed by atoms with Crippen LogP contribution in [0.1, 0.15) is 38.2 Å². The van der Waals surface area contributed by atoms with Gasteiger partial charge in [-0.25, -0.2) is 4.79 Å². The Labute approximate surface area is 125 Å². The van der Waals surface area contributed by atoms with Gasteiger partial charge in [0.25, 0.3) is 0 Å². The number of carbonyl (C=O) groups excluding carboxylic acids is 2. The van der Waals surface area contributed by atoms with Crippen LogP contribution in [0.3, 0.4) is 0 Å². The standard InChI is InChI=1S/C16H23N3O2/c1-11(13-6-4-3-5-7-13)12(2)17-10-15(20)19-16(21)18-14-8-9-14/h3-7,11-12,14,17H,8-10H2,1-2H3,(H2,18,19,20,21)/t11-,12+/m1/s1. The number of amides is 3. The summed E-state index contributed by atoms with van der Waals surface area (Å²) in [5.74, 6) is -0.0143. The first kappa shape index (κ1) is 15.5. The Kier molecular flexibility index (Phi) is 5.33. The normalized spacial score (nSPS) is 16.9. The summed E-state index contributed by atoms with van der Waals surface area (Å²) in [6.07, 6.45) is 2.01. The highest BCUT2D eigenvalue weighted by Gasteiger charge is 2.24. The Morgan fingerprint density at radius 3 is 2.48 bits per heavy atom. The molecule has 0 spiro atoms. The van der Waals surface area contributed by atoms with E-state index < -0.39 is 6.03 Å². The molecule has 5 heteroatoms. The summed E-state index contributed by atoms with van der Waals surface area (Å²) in [6.45, 7) is 4.29. The first-order valence-electron chi connectivity index (χ1n) is 7.45. The minimum absolute atomic E-state index is 0.135. The second-order valence-corrected chi connectivity index (χ2v) is 5.66. The van der Waals surface area contributed by atoms with E-state index in [9.17, 15) is 9.59 Å². The van der Waals surface area contributed by atoms with Crippen LogP contribution in [-0.4, -0.2) is 30.6 Å². The molecule has 1 aliphatic rings. The van der Waals surface area contributed by atoms with Gasteiger partial charge in [0.05, 0.1) is 6.54 Å². The topological polar surface area (TPSA) is 70.2 Å². The summed E-state index contributed by atoms with van der Waals surface area (Å²) in [4.78, 5) is 23.1. The number of urea groups is 1. The smallest absolute Gasteiger partial charge is 0.321 e. The van der Waals surface area contributed by atoms with Gasteiger partial charge in [-0.1, -0.05) is 37.3 Å². The molecule has 2 rings (SSSR count). The molecular weight excluding hydrogens is 266 g/mol. The van der Waals surface area contributed by atoms with Gasteiger partial charge in [-0.15, -0.1) is 0 Å². The second kappa shape index (κ2) is 7.22. The van der Waals surface area contributed by atoms with Gasteiger partial charge in [0.1, 0.15) is 0 Å². The molecule has 0 aromatic heterocycles. The van der Waals surface area contributed by atoms with Crippen LogP contribution in [0.2, 0.25) is 0 Å². The zero-order valence-electron chi connectivity index (χ0n) is 12.6. The van der Waals surface area contributed by atoms with Crippen molar-refractivity contribution in [3.05, 3.63) is 35.9 Å². The van der Waals surface area contributed by atoms with Crippen LogP contribution >= 0.6 is 0 Å². The summed E-state index contributed by atoms with van der Waals surface area (Å²) < 4.78 is 0. The fourth-order valence-corrected chi connectivity index (χ4v) is 2.10. The molecule has 5 nitrogen and oxygen atoms in total. The Morgan fingerprint density at radius 1 is 1.19 bits per heavy atom. The first-order valence-corrected chi connectivity index (χ1v) is 7.45. The summed E-state index contributed by atoms with van der Waals surface area (Å²) in [6, 6.07) is 10.2. The summed E-state index contributed by atoms with van der Waals surface area (Å²) in [5.41, 5.74) is 1.23. The van der Waals surface area contributed by atoms with Crippen molar-refractivity contribution in [2.24, 2.45) is 0 Å². The predicted molar refractivity (Wildman–Crippen MR) is 82.0 cm³/mol. The molecule has 3 amide bonds. The zero-order chi connectivity index (χ0) is 15.2. The van der Waals surface area contributed by atoms with Crippen molar-refractivity contribution >= 4 is 11.9 Å². The van der Waals surface area contributed by atoms with E-state index in [0.29, 0.717) is 5.92 Å². The fourth-order valence-electron chi connectivity index (χ4n) is 2.10. The fraction of sp³-hybridized carbons (Fsp3) is 0.500. The minimum atomic E-state index is -0.395. The van der Waals surface area contributed by atoms with Crippen LogP contribution in [0.25, 0.3) is 0 Å². The zero-order valence-corrected chi connectivity index (χ0v) is 12.6. The number of nitrogens with one attached hydrogen (secondary N) is 3. The quantitative estimate of drug-likeness (QED) is 0.747. The number of carbonyl (C=O) groups is 2. The maximum atomic E-state index is 11.7. The van der Waals surface area contributed by atoms with Gasteiger partial charge >= 0.3 is 6.03 Å². The van der Waals surface area contributed by atoms with Crippen molar-refractivity contribution in [2.45, 2.75) is 44.7 Å². The van der Waals surface area contributed by atoms with Gasteiger partial charge in [-0.2, -0.15) is 0 Å². The van der Waals surface area contributed by atoms with E-state index in [1.807, 2.05) is 25.1 Å². The van der Waals surface area contributed by atoms with Gasteiger partial charge in [0.15, 0.2) is 0 Å². The number of benzene rings is 1. The molecule has 0 heterocycles. The molecule has 0 saturated heterocycles. The minimum Gasteiger partial charge on any atom is -0.335 e. The predicted octanol–water partition coefficient (Wildman–Crippen LogP) is 1.76. The van der Waals surface area contributed by atoms with Gasteiger partial charge in [0.2, 0.25) is 5.91 Å². The summed E-state index contributed by atoms with van der Waals surface area (Å²) >= 11 is 0. The van der Waals surface area contributed by atoms with Crippen molar-refractivity contribution in [1.82, 2.24) is 16.0 Å². The molecule has 1 aromatic carbocycles. The van der Waals surface area contributed by atoms with Gasteiger partial charge in [-0.05, 0) is 31.2 Å². The van der Waals surface area contributed by atoms with Gasteiger partial charge in [-0.3, -0.25) is 10.1 Å². The number of imide groups is 1. The van der Waals surface area contributed by atoms with Crippen LogP contribution < -0.4 is 16.0 Å². The average Bonchev–Trinajstić information content (AvgIpc) is 3.28. The lowest BCUT2D eigenvalue weighted by Gasteiger charge is -2.21. The second-order valence-electron chi connectivity index (χ2n) is 5.66. The molecular formula is C16H23N3O2. The van der Waals surface area contributed by atoms with Crippen LogP contribution in [0, 0.1) is 0 Å². The average molecular weight is 289 g/mol. The van der Waals surface area contributed by atoms with E-state index in [1.54, 1.807) is 0 Å². The Bertz CT molecular complexity index is 486. The van der Waals surface area contributed by atoms with Crippen LogP contribution in [-0.2, 0) is 4.79 Å². The van der Waals surface area contributed by atoms with E-state index in [2.05, 4.69) is 35.0 Å². The molecule has 0 bridgehead atoms. The Morgan fingerprint density at radius 2 is 1.86 bits per heavy atom. The Hall–Kier alpha value is -1.88. The molecule has 3 N–H and O–H groups in total. The van der Waals surface area contributed by atoms with Gasteiger partial charge in [0, 0.05) is 12.1 Å². The third-order valence-corrected chi connectivity index (χ3v) is 3.83. The lowest BCUT2D eigenvalue weighted by Crippen LogP contribution is -2.46. The Balaban J connectivity index is 1.71. The molecule has 2 atom stereocenters. The number of hydrogen-bond donors (Lipinski definition) is 3. The molecule has 1 aromatic rings. The molecule has 1 saturated carbocycles. The summed E-state index contributed by atoms with van der Waals surface area (Å²) in [5, 5.41) is 8.22. The van der Waals surface area contributed by atoms with Crippen LogP contribution in [0.15, 0.2) is 30.3 Å². The monoisotopic (exact) mass is 289 g/mol. The van der Waals surface area contributed by atoms with Crippen LogP contribution in [0.4, 0.5) is 4.79 Å². The molecule has 1 aliphatic carbocycles. The highest BCUT2D eigenvalue weighted by Crippen LogP contribution is 2.18. The third kappa shape index (κ3) is 5.19.